The zero-order chi connectivity index (χ0) is 13.5. The largest absolute Gasteiger partial charge is 0.497 e. The third-order valence-electron chi connectivity index (χ3n) is 2.99. The molecular formula is C14H21N3O2. The summed E-state index contributed by atoms with van der Waals surface area (Å²) in [5.41, 5.74) is 1.12. The Hall–Kier alpha value is -1.75. The van der Waals surface area contributed by atoms with Crippen molar-refractivity contribution in [2.24, 2.45) is 4.99 Å². The van der Waals surface area contributed by atoms with Crippen molar-refractivity contribution in [3.8, 4) is 5.75 Å². The van der Waals surface area contributed by atoms with Gasteiger partial charge in [-0.3, -0.25) is 4.99 Å². The predicted molar refractivity (Wildman–Crippen MR) is 75.6 cm³/mol. The molecule has 104 valence electrons. The van der Waals surface area contributed by atoms with E-state index in [-0.39, 0.29) is 0 Å². The minimum Gasteiger partial charge on any atom is -0.497 e. The number of hydrogen-bond donors (Lipinski definition) is 1. The summed E-state index contributed by atoms with van der Waals surface area (Å²) in [7, 11) is 3.71. The van der Waals surface area contributed by atoms with Crippen LogP contribution in [0.1, 0.15) is 5.56 Å². The number of nitrogens with one attached hydrogen (secondary N) is 1. The van der Waals surface area contributed by atoms with Gasteiger partial charge in [-0.25, -0.2) is 0 Å². The smallest absolute Gasteiger partial charge is 0.193 e. The third kappa shape index (κ3) is 4.13. The number of hydrogen-bond acceptors (Lipinski definition) is 5. The molecule has 0 aliphatic carbocycles. The molecule has 2 rings (SSSR count). The number of benzene rings is 1. The molecule has 0 fully saturated rings. The van der Waals surface area contributed by atoms with Crippen LogP contribution in [-0.4, -0.2) is 51.3 Å². The SMILES string of the molecule is COc1cccc(COCCNC2=NCCN2C)c1. The van der Waals surface area contributed by atoms with Crippen molar-refractivity contribution in [2.45, 2.75) is 6.61 Å². The van der Waals surface area contributed by atoms with Crippen LogP contribution in [0, 0.1) is 0 Å². The van der Waals surface area contributed by atoms with E-state index in [4.69, 9.17) is 9.47 Å². The van der Waals surface area contributed by atoms with Crippen molar-refractivity contribution in [3.05, 3.63) is 29.8 Å². The van der Waals surface area contributed by atoms with Crippen LogP contribution >= 0.6 is 0 Å². The van der Waals surface area contributed by atoms with Gasteiger partial charge in [-0.1, -0.05) is 12.1 Å². The minimum absolute atomic E-state index is 0.598. The maximum atomic E-state index is 5.62. The van der Waals surface area contributed by atoms with E-state index in [1.165, 1.54) is 0 Å². The van der Waals surface area contributed by atoms with Crippen LogP contribution in [-0.2, 0) is 11.3 Å². The first-order chi connectivity index (χ1) is 9.29. The third-order valence-corrected chi connectivity index (χ3v) is 2.99. The van der Waals surface area contributed by atoms with Gasteiger partial charge >= 0.3 is 0 Å². The zero-order valence-electron chi connectivity index (χ0n) is 11.6. The molecule has 1 aromatic carbocycles. The van der Waals surface area contributed by atoms with Gasteiger partial charge in [0.15, 0.2) is 5.96 Å². The average molecular weight is 263 g/mol. The molecule has 0 saturated heterocycles. The second-order valence-corrected chi connectivity index (χ2v) is 4.46. The van der Waals surface area contributed by atoms with Crippen LogP contribution in [0.4, 0.5) is 0 Å². The summed E-state index contributed by atoms with van der Waals surface area (Å²) in [6.07, 6.45) is 0. The molecule has 0 atom stereocenters. The van der Waals surface area contributed by atoms with Crippen molar-refractivity contribution in [2.75, 3.05) is 40.4 Å². The minimum atomic E-state index is 0.598. The van der Waals surface area contributed by atoms with Crippen molar-refractivity contribution < 1.29 is 9.47 Å². The Labute approximate surface area is 114 Å². The molecule has 5 heteroatoms. The van der Waals surface area contributed by atoms with Crippen molar-refractivity contribution >= 4 is 5.96 Å². The molecule has 0 radical (unpaired) electrons. The summed E-state index contributed by atoms with van der Waals surface area (Å²) < 4.78 is 10.8. The van der Waals surface area contributed by atoms with E-state index in [0.29, 0.717) is 13.2 Å². The number of nitrogens with zero attached hydrogens (tertiary/aromatic N) is 2. The average Bonchev–Trinajstić information content (AvgIpc) is 2.84. The molecule has 1 heterocycles. The number of guanidine groups is 1. The quantitative estimate of drug-likeness (QED) is 0.781. The topological polar surface area (TPSA) is 46.1 Å². The summed E-state index contributed by atoms with van der Waals surface area (Å²) in [5.74, 6) is 1.83. The maximum Gasteiger partial charge on any atom is 0.193 e. The van der Waals surface area contributed by atoms with Crippen molar-refractivity contribution in [1.29, 1.82) is 0 Å². The maximum absolute atomic E-state index is 5.62. The van der Waals surface area contributed by atoms with Gasteiger partial charge in [0.25, 0.3) is 0 Å². The first-order valence-corrected chi connectivity index (χ1v) is 6.50. The lowest BCUT2D eigenvalue weighted by Gasteiger charge is -2.15. The standard InChI is InChI=1S/C14H21N3O2/c1-17-8-6-15-14(17)16-7-9-19-11-12-4-3-5-13(10-12)18-2/h3-5,10H,6-9,11H2,1-2H3,(H,15,16). The molecule has 5 nitrogen and oxygen atoms in total. The Morgan fingerprint density at radius 2 is 2.32 bits per heavy atom. The molecule has 1 aromatic rings. The molecule has 1 N–H and O–H groups in total. The van der Waals surface area contributed by atoms with Crippen LogP contribution in [0.25, 0.3) is 0 Å². The fraction of sp³-hybridized carbons (Fsp3) is 0.500. The number of ether oxygens (including phenoxy) is 2. The lowest BCUT2D eigenvalue weighted by molar-refractivity contribution is 0.125. The normalized spacial score (nSPS) is 14.4. The molecule has 0 saturated carbocycles. The van der Waals surface area contributed by atoms with Crippen LogP contribution in [0.3, 0.4) is 0 Å². The van der Waals surface area contributed by atoms with Gasteiger partial charge in [-0.05, 0) is 17.7 Å². The monoisotopic (exact) mass is 263 g/mol. The van der Waals surface area contributed by atoms with E-state index < -0.39 is 0 Å². The van der Waals surface area contributed by atoms with Gasteiger partial charge in [-0.2, -0.15) is 0 Å². The highest BCUT2D eigenvalue weighted by Gasteiger charge is 2.10. The van der Waals surface area contributed by atoms with Gasteiger partial charge in [0.1, 0.15) is 5.75 Å². The fourth-order valence-corrected chi connectivity index (χ4v) is 1.91. The second-order valence-electron chi connectivity index (χ2n) is 4.46. The Kier molecular flexibility index (Phi) is 5.03. The molecule has 0 bridgehead atoms. The van der Waals surface area contributed by atoms with Crippen LogP contribution in [0.5, 0.6) is 5.75 Å². The lowest BCUT2D eigenvalue weighted by atomic mass is 10.2. The molecule has 0 aromatic heterocycles. The summed E-state index contributed by atoms with van der Waals surface area (Å²) in [5, 5.41) is 3.27. The predicted octanol–water partition coefficient (Wildman–Crippen LogP) is 1.10. The van der Waals surface area contributed by atoms with Gasteiger partial charge < -0.3 is 19.7 Å². The van der Waals surface area contributed by atoms with Gasteiger partial charge in [0.2, 0.25) is 0 Å². The zero-order valence-corrected chi connectivity index (χ0v) is 11.6. The van der Waals surface area contributed by atoms with Gasteiger partial charge in [0.05, 0.1) is 26.9 Å². The number of rotatable bonds is 6. The lowest BCUT2D eigenvalue weighted by Crippen LogP contribution is -2.37. The molecule has 0 unspecified atom stereocenters. The van der Waals surface area contributed by atoms with Crippen LogP contribution < -0.4 is 10.1 Å². The van der Waals surface area contributed by atoms with E-state index >= 15 is 0 Å². The van der Waals surface area contributed by atoms with Crippen molar-refractivity contribution in [3.63, 3.8) is 0 Å². The van der Waals surface area contributed by atoms with Gasteiger partial charge in [-0.15, -0.1) is 0 Å². The highest BCUT2D eigenvalue weighted by molar-refractivity contribution is 5.81. The van der Waals surface area contributed by atoms with E-state index in [1.54, 1.807) is 7.11 Å². The summed E-state index contributed by atoms with van der Waals surface area (Å²) >= 11 is 0. The molecule has 0 amide bonds. The Morgan fingerprint density at radius 3 is 3.05 bits per heavy atom. The first kappa shape index (κ1) is 13.7. The highest BCUT2D eigenvalue weighted by Crippen LogP contribution is 2.12. The Bertz CT molecular complexity index is 434. The number of aliphatic imine (C=N–C) groups is 1. The Balaban J connectivity index is 1.63. The van der Waals surface area contributed by atoms with Crippen LogP contribution in [0.2, 0.25) is 0 Å². The molecule has 0 spiro atoms. The highest BCUT2D eigenvalue weighted by atomic mass is 16.5. The first-order valence-electron chi connectivity index (χ1n) is 6.50. The van der Waals surface area contributed by atoms with Crippen molar-refractivity contribution in [1.82, 2.24) is 10.2 Å². The van der Waals surface area contributed by atoms with E-state index in [0.717, 1.165) is 36.9 Å². The second kappa shape index (κ2) is 6.99. The summed E-state index contributed by atoms with van der Waals surface area (Å²) in [6, 6.07) is 7.92. The van der Waals surface area contributed by atoms with E-state index in [2.05, 4.69) is 15.2 Å². The fourth-order valence-electron chi connectivity index (χ4n) is 1.91. The van der Waals surface area contributed by atoms with E-state index in [1.807, 2.05) is 31.3 Å². The van der Waals surface area contributed by atoms with Crippen LogP contribution in [0.15, 0.2) is 29.3 Å². The molecule has 1 aliphatic heterocycles. The number of methoxy groups -OCH3 is 1. The number of likely N-dealkylation sites (N-methyl/N-ethyl adjacent to an activating group) is 1. The Morgan fingerprint density at radius 1 is 1.42 bits per heavy atom. The van der Waals surface area contributed by atoms with E-state index in [9.17, 15) is 0 Å². The molecule has 1 aliphatic rings. The summed E-state index contributed by atoms with van der Waals surface area (Å²) in [4.78, 5) is 6.47. The molecule has 19 heavy (non-hydrogen) atoms. The van der Waals surface area contributed by atoms with Gasteiger partial charge in [0, 0.05) is 20.1 Å². The summed E-state index contributed by atoms with van der Waals surface area (Å²) in [6.45, 7) is 3.90. The molecular weight excluding hydrogens is 242 g/mol.